The fourth-order valence-corrected chi connectivity index (χ4v) is 3.06. The second-order valence-electron chi connectivity index (χ2n) is 6.55. The number of para-hydroxylation sites is 2. The highest BCUT2D eigenvalue weighted by atomic mass is 16.5. The summed E-state index contributed by atoms with van der Waals surface area (Å²) in [7, 11) is 4.69. The zero-order valence-corrected chi connectivity index (χ0v) is 16.2. The number of nitrogens with one attached hydrogen (secondary N) is 2. The molecule has 2 aromatic carbocycles. The molecule has 1 saturated carbocycles. The number of ether oxygens (including phenoxy) is 3. The monoisotopic (exact) mass is 384 g/mol. The summed E-state index contributed by atoms with van der Waals surface area (Å²) < 4.78 is 15.7. The van der Waals surface area contributed by atoms with Crippen LogP contribution in [0.15, 0.2) is 42.5 Å². The standard InChI is InChI=1S/C21H24N2O5/c1-26-17-7-5-4-6-16(17)23-21(25)15-11-14(15)20(24)22-12-13-8-9-18(27-2)19(10-13)28-3/h4-10,14-15H,11-12H2,1-3H3,(H,22,24)(H,23,25). The molecule has 1 aliphatic rings. The van der Waals surface area contributed by atoms with E-state index in [-0.39, 0.29) is 23.7 Å². The van der Waals surface area contributed by atoms with Crippen molar-refractivity contribution in [3.63, 3.8) is 0 Å². The molecule has 28 heavy (non-hydrogen) atoms. The summed E-state index contributed by atoms with van der Waals surface area (Å²) in [6, 6.07) is 12.7. The van der Waals surface area contributed by atoms with E-state index in [4.69, 9.17) is 14.2 Å². The van der Waals surface area contributed by atoms with Gasteiger partial charge in [-0.25, -0.2) is 0 Å². The number of anilines is 1. The molecule has 2 aromatic rings. The van der Waals surface area contributed by atoms with Gasteiger partial charge in [-0.3, -0.25) is 9.59 Å². The first-order chi connectivity index (χ1) is 13.6. The number of amides is 2. The van der Waals surface area contributed by atoms with Crippen molar-refractivity contribution in [1.82, 2.24) is 5.32 Å². The predicted molar refractivity (Wildman–Crippen MR) is 105 cm³/mol. The largest absolute Gasteiger partial charge is 0.495 e. The van der Waals surface area contributed by atoms with Crippen LogP contribution in [0.2, 0.25) is 0 Å². The van der Waals surface area contributed by atoms with Crippen molar-refractivity contribution in [3.8, 4) is 17.2 Å². The number of benzene rings is 2. The van der Waals surface area contributed by atoms with E-state index in [0.29, 0.717) is 35.9 Å². The SMILES string of the molecule is COc1ccccc1NC(=O)C1CC1C(=O)NCc1ccc(OC)c(OC)c1. The van der Waals surface area contributed by atoms with E-state index in [1.807, 2.05) is 24.3 Å². The molecule has 2 amide bonds. The Hall–Kier alpha value is -3.22. The van der Waals surface area contributed by atoms with Gasteiger partial charge in [0.2, 0.25) is 11.8 Å². The minimum Gasteiger partial charge on any atom is -0.495 e. The van der Waals surface area contributed by atoms with Crippen molar-refractivity contribution < 1.29 is 23.8 Å². The fourth-order valence-electron chi connectivity index (χ4n) is 3.06. The van der Waals surface area contributed by atoms with Gasteiger partial charge in [-0.05, 0) is 36.2 Å². The van der Waals surface area contributed by atoms with Crippen LogP contribution in [0.4, 0.5) is 5.69 Å². The van der Waals surface area contributed by atoms with E-state index in [1.165, 1.54) is 0 Å². The van der Waals surface area contributed by atoms with Gasteiger partial charge in [-0.2, -0.15) is 0 Å². The maximum Gasteiger partial charge on any atom is 0.228 e. The van der Waals surface area contributed by atoms with Crippen LogP contribution in [0.25, 0.3) is 0 Å². The van der Waals surface area contributed by atoms with Crippen molar-refractivity contribution in [3.05, 3.63) is 48.0 Å². The maximum absolute atomic E-state index is 12.4. The molecular formula is C21H24N2O5. The molecule has 0 saturated heterocycles. The van der Waals surface area contributed by atoms with Crippen LogP contribution in [0, 0.1) is 11.8 Å². The second kappa shape index (κ2) is 8.65. The molecule has 3 rings (SSSR count). The third kappa shape index (κ3) is 4.36. The Morgan fingerprint density at radius 3 is 2.29 bits per heavy atom. The van der Waals surface area contributed by atoms with Crippen LogP contribution in [-0.2, 0) is 16.1 Å². The van der Waals surface area contributed by atoms with Crippen LogP contribution >= 0.6 is 0 Å². The summed E-state index contributed by atoms with van der Waals surface area (Å²) in [5.74, 6) is 0.893. The summed E-state index contributed by atoms with van der Waals surface area (Å²) in [6.07, 6.45) is 0.540. The highest BCUT2D eigenvalue weighted by Gasteiger charge is 2.48. The summed E-state index contributed by atoms with van der Waals surface area (Å²) in [4.78, 5) is 24.8. The Morgan fingerprint density at radius 1 is 0.893 bits per heavy atom. The lowest BCUT2D eigenvalue weighted by Gasteiger charge is -2.11. The molecule has 1 aliphatic carbocycles. The van der Waals surface area contributed by atoms with Gasteiger partial charge in [-0.1, -0.05) is 18.2 Å². The Labute approximate surface area is 164 Å². The molecule has 7 nitrogen and oxygen atoms in total. The Kier molecular flexibility index (Phi) is 6.03. The molecule has 1 fully saturated rings. The zero-order chi connectivity index (χ0) is 20.1. The molecule has 148 valence electrons. The normalized spacial score (nSPS) is 17.4. The summed E-state index contributed by atoms with van der Waals surface area (Å²) >= 11 is 0. The molecule has 0 spiro atoms. The van der Waals surface area contributed by atoms with Crippen LogP contribution in [0.3, 0.4) is 0 Å². The number of hydrogen-bond acceptors (Lipinski definition) is 5. The van der Waals surface area contributed by atoms with Gasteiger partial charge in [-0.15, -0.1) is 0 Å². The average Bonchev–Trinajstić information content (AvgIpc) is 3.53. The lowest BCUT2D eigenvalue weighted by molar-refractivity contribution is -0.125. The smallest absolute Gasteiger partial charge is 0.228 e. The van der Waals surface area contributed by atoms with Gasteiger partial charge in [0.15, 0.2) is 11.5 Å². The number of carbonyl (C=O) groups is 2. The molecule has 0 heterocycles. The van der Waals surface area contributed by atoms with Crippen molar-refractivity contribution in [2.24, 2.45) is 11.8 Å². The van der Waals surface area contributed by atoms with E-state index in [2.05, 4.69) is 10.6 Å². The van der Waals surface area contributed by atoms with Gasteiger partial charge in [0.25, 0.3) is 0 Å². The van der Waals surface area contributed by atoms with Gasteiger partial charge in [0.1, 0.15) is 5.75 Å². The van der Waals surface area contributed by atoms with E-state index >= 15 is 0 Å². The van der Waals surface area contributed by atoms with Gasteiger partial charge >= 0.3 is 0 Å². The molecule has 2 atom stereocenters. The van der Waals surface area contributed by atoms with Crippen molar-refractivity contribution in [2.75, 3.05) is 26.6 Å². The first kappa shape index (κ1) is 19.5. The summed E-state index contributed by atoms with van der Waals surface area (Å²) in [6.45, 7) is 0.358. The van der Waals surface area contributed by atoms with Crippen LogP contribution < -0.4 is 24.8 Å². The Balaban J connectivity index is 1.52. The van der Waals surface area contributed by atoms with Crippen LogP contribution in [0.5, 0.6) is 17.2 Å². The van der Waals surface area contributed by atoms with Crippen LogP contribution in [0.1, 0.15) is 12.0 Å². The van der Waals surface area contributed by atoms with Gasteiger partial charge in [0.05, 0.1) is 38.9 Å². The second-order valence-corrected chi connectivity index (χ2v) is 6.55. The first-order valence-corrected chi connectivity index (χ1v) is 9.00. The molecule has 2 N–H and O–H groups in total. The molecular weight excluding hydrogens is 360 g/mol. The lowest BCUT2D eigenvalue weighted by atomic mass is 10.2. The highest BCUT2D eigenvalue weighted by Crippen LogP contribution is 2.40. The summed E-state index contributed by atoms with van der Waals surface area (Å²) in [5.41, 5.74) is 1.49. The van der Waals surface area contributed by atoms with Crippen molar-refractivity contribution in [2.45, 2.75) is 13.0 Å². The van der Waals surface area contributed by atoms with Crippen LogP contribution in [-0.4, -0.2) is 33.1 Å². The summed E-state index contributed by atoms with van der Waals surface area (Å²) in [5, 5.41) is 5.72. The topological polar surface area (TPSA) is 85.9 Å². The third-order valence-electron chi connectivity index (χ3n) is 4.74. The molecule has 7 heteroatoms. The first-order valence-electron chi connectivity index (χ1n) is 9.00. The number of hydrogen-bond donors (Lipinski definition) is 2. The Morgan fingerprint density at radius 2 is 1.57 bits per heavy atom. The minimum atomic E-state index is -0.324. The molecule has 0 aromatic heterocycles. The number of carbonyl (C=O) groups excluding carboxylic acids is 2. The molecule has 0 aliphatic heterocycles. The predicted octanol–water partition coefficient (Wildman–Crippen LogP) is 2.60. The number of methoxy groups -OCH3 is 3. The third-order valence-corrected chi connectivity index (χ3v) is 4.74. The van der Waals surface area contributed by atoms with E-state index in [9.17, 15) is 9.59 Å². The molecule has 0 radical (unpaired) electrons. The molecule has 2 unspecified atom stereocenters. The fraction of sp³-hybridized carbons (Fsp3) is 0.333. The molecule has 0 bridgehead atoms. The van der Waals surface area contributed by atoms with Crippen molar-refractivity contribution in [1.29, 1.82) is 0 Å². The van der Waals surface area contributed by atoms with Gasteiger partial charge in [0, 0.05) is 6.54 Å². The zero-order valence-electron chi connectivity index (χ0n) is 16.2. The van der Waals surface area contributed by atoms with Gasteiger partial charge < -0.3 is 24.8 Å². The quantitative estimate of drug-likeness (QED) is 0.731. The average molecular weight is 384 g/mol. The number of rotatable bonds is 8. The van der Waals surface area contributed by atoms with Crippen molar-refractivity contribution >= 4 is 17.5 Å². The van der Waals surface area contributed by atoms with E-state index in [1.54, 1.807) is 39.5 Å². The highest BCUT2D eigenvalue weighted by molar-refractivity contribution is 6.00. The Bertz CT molecular complexity index is 868. The minimum absolute atomic E-state index is 0.130. The van der Waals surface area contributed by atoms with E-state index in [0.717, 1.165) is 5.56 Å². The lowest BCUT2D eigenvalue weighted by Crippen LogP contribution is -2.27. The van der Waals surface area contributed by atoms with E-state index < -0.39 is 0 Å². The maximum atomic E-state index is 12.4.